The predicted octanol–water partition coefficient (Wildman–Crippen LogP) is 2.62. The minimum Gasteiger partial charge on any atom is -0.497 e. The molecule has 1 fully saturated rings. The van der Waals surface area contributed by atoms with Gasteiger partial charge < -0.3 is 19.5 Å². The molecular weight excluding hydrogens is 358 g/mol. The van der Waals surface area contributed by atoms with Gasteiger partial charge in [0.25, 0.3) is 5.91 Å². The van der Waals surface area contributed by atoms with Crippen LogP contribution in [0.15, 0.2) is 35.6 Å². The van der Waals surface area contributed by atoms with E-state index >= 15 is 0 Å². The van der Waals surface area contributed by atoms with E-state index in [-0.39, 0.29) is 36.1 Å². The van der Waals surface area contributed by atoms with Crippen LogP contribution < -0.4 is 4.74 Å². The van der Waals surface area contributed by atoms with E-state index in [1.165, 1.54) is 0 Å². The topological polar surface area (TPSA) is 76.1 Å². The fraction of sp³-hybridized carbons (Fsp3) is 0.545. The lowest BCUT2D eigenvalue weighted by Gasteiger charge is -2.37. The second kappa shape index (κ2) is 7.59. The summed E-state index contributed by atoms with van der Waals surface area (Å²) < 4.78 is 11.4. The number of Topliss-reactive ketones (excluding diaryl/α,β-unsaturated/α-hetero) is 1. The Morgan fingerprint density at radius 1 is 1.21 bits per heavy atom. The van der Waals surface area contributed by atoms with E-state index in [1.807, 2.05) is 24.3 Å². The maximum atomic E-state index is 13.5. The number of ether oxygens (including phenoxy) is 2. The quantitative estimate of drug-likeness (QED) is 0.843. The second-order valence-electron chi connectivity index (χ2n) is 8.04. The number of hydrogen-bond acceptors (Lipinski definition) is 5. The summed E-state index contributed by atoms with van der Waals surface area (Å²) in [5, 5.41) is 9.28. The van der Waals surface area contributed by atoms with Crippen LogP contribution in [0.1, 0.15) is 44.2 Å². The molecular formula is C22H27NO5. The number of hydrogen-bond donors (Lipinski definition) is 1. The van der Waals surface area contributed by atoms with Gasteiger partial charge in [0.1, 0.15) is 11.9 Å². The van der Waals surface area contributed by atoms with Crippen molar-refractivity contribution >= 4 is 11.7 Å². The molecule has 6 nitrogen and oxygen atoms in total. The first-order valence-electron chi connectivity index (χ1n) is 10.1. The number of carbonyl (C=O) groups excluding carboxylic acids is 2. The molecule has 1 aromatic carbocycles. The number of ketones is 1. The Hall–Kier alpha value is -2.34. The van der Waals surface area contributed by atoms with Crippen molar-refractivity contribution in [3.8, 4) is 5.75 Å². The van der Waals surface area contributed by atoms with E-state index in [2.05, 4.69) is 6.92 Å². The fourth-order valence-corrected chi connectivity index (χ4v) is 4.73. The van der Waals surface area contributed by atoms with E-state index in [1.54, 1.807) is 12.0 Å². The third kappa shape index (κ3) is 3.09. The lowest BCUT2D eigenvalue weighted by Crippen LogP contribution is -2.41. The second-order valence-corrected chi connectivity index (χ2v) is 8.04. The predicted molar refractivity (Wildman–Crippen MR) is 103 cm³/mol. The van der Waals surface area contributed by atoms with Crippen LogP contribution in [0.4, 0.5) is 0 Å². The van der Waals surface area contributed by atoms with E-state index in [4.69, 9.17) is 9.47 Å². The highest BCUT2D eigenvalue weighted by atomic mass is 16.5. The summed E-state index contributed by atoms with van der Waals surface area (Å²) >= 11 is 0. The first-order chi connectivity index (χ1) is 13.5. The Balaban J connectivity index is 1.74. The number of fused-ring (bicyclic) bond motifs is 1. The fourth-order valence-electron chi connectivity index (χ4n) is 4.73. The molecule has 4 rings (SSSR count). The molecule has 1 N–H and O–H groups in total. The van der Waals surface area contributed by atoms with Gasteiger partial charge in [-0.2, -0.15) is 0 Å². The molecule has 0 radical (unpaired) electrons. The van der Waals surface area contributed by atoms with Crippen LogP contribution in [0.2, 0.25) is 0 Å². The van der Waals surface area contributed by atoms with E-state index < -0.39 is 6.04 Å². The third-order valence-electron chi connectivity index (χ3n) is 6.19. The summed E-state index contributed by atoms with van der Waals surface area (Å²) in [5.74, 6) is 1.07. The Morgan fingerprint density at radius 2 is 1.96 bits per heavy atom. The molecule has 3 aliphatic rings. The van der Waals surface area contributed by atoms with Gasteiger partial charge in [-0.05, 0) is 49.3 Å². The molecule has 6 heteroatoms. The minimum absolute atomic E-state index is 0.0126. The number of nitrogens with zero attached hydrogens (tertiary/aromatic N) is 1. The molecule has 1 aromatic rings. The molecule has 150 valence electrons. The van der Waals surface area contributed by atoms with Gasteiger partial charge in [-0.25, -0.2) is 0 Å². The van der Waals surface area contributed by atoms with Gasteiger partial charge in [0.05, 0.1) is 24.6 Å². The Bertz CT molecular complexity index is 800. The highest BCUT2D eigenvalue weighted by Gasteiger charge is 2.52. The smallest absolute Gasteiger partial charge is 0.290 e. The molecule has 1 amide bonds. The zero-order chi connectivity index (χ0) is 19.8. The molecule has 0 spiro atoms. The van der Waals surface area contributed by atoms with Crippen molar-refractivity contribution < 1.29 is 24.2 Å². The van der Waals surface area contributed by atoms with Crippen LogP contribution in [-0.4, -0.2) is 48.1 Å². The Kier molecular flexibility index (Phi) is 5.15. The molecule has 1 aliphatic carbocycles. The minimum atomic E-state index is -0.467. The Labute approximate surface area is 165 Å². The first kappa shape index (κ1) is 19.0. The van der Waals surface area contributed by atoms with Crippen molar-refractivity contribution in [1.82, 2.24) is 4.90 Å². The molecule has 0 aromatic heterocycles. The van der Waals surface area contributed by atoms with Crippen LogP contribution in [-0.2, 0) is 14.3 Å². The summed E-state index contributed by atoms with van der Waals surface area (Å²) in [5.41, 5.74) is 1.35. The summed E-state index contributed by atoms with van der Waals surface area (Å²) in [6, 6.07) is 6.98. The van der Waals surface area contributed by atoms with Gasteiger partial charge in [-0.15, -0.1) is 0 Å². The molecule has 1 saturated carbocycles. The molecule has 2 heterocycles. The maximum absolute atomic E-state index is 13.5. The van der Waals surface area contributed by atoms with Gasteiger partial charge >= 0.3 is 0 Å². The normalized spacial score (nSPS) is 29.5. The summed E-state index contributed by atoms with van der Waals surface area (Å²) in [6.07, 6.45) is 2.89. The van der Waals surface area contributed by atoms with Gasteiger partial charge in [0, 0.05) is 13.2 Å². The number of methoxy groups -OCH3 is 1. The van der Waals surface area contributed by atoms with Gasteiger partial charge in [0.2, 0.25) is 0 Å². The van der Waals surface area contributed by atoms with Crippen LogP contribution in [0, 0.1) is 11.8 Å². The zero-order valence-electron chi connectivity index (χ0n) is 16.4. The van der Waals surface area contributed by atoms with Crippen molar-refractivity contribution in [2.24, 2.45) is 11.8 Å². The number of rotatable bonds is 5. The van der Waals surface area contributed by atoms with E-state index in [0.717, 1.165) is 30.6 Å². The monoisotopic (exact) mass is 385 g/mol. The van der Waals surface area contributed by atoms with Crippen LogP contribution in [0.25, 0.3) is 0 Å². The third-order valence-corrected chi connectivity index (χ3v) is 6.19. The van der Waals surface area contributed by atoms with Gasteiger partial charge in [0.15, 0.2) is 11.5 Å². The van der Waals surface area contributed by atoms with E-state index in [9.17, 15) is 14.7 Å². The maximum Gasteiger partial charge on any atom is 0.290 e. The molecule has 4 atom stereocenters. The molecule has 0 bridgehead atoms. The number of aliphatic hydroxyl groups is 1. The summed E-state index contributed by atoms with van der Waals surface area (Å²) in [6.45, 7) is 2.53. The van der Waals surface area contributed by atoms with Crippen molar-refractivity contribution in [2.75, 3.05) is 20.3 Å². The molecule has 0 saturated heterocycles. The van der Waals surface area contributed by atoms with Crippen molar-refractivity contribution in [2.45, 2.75) is 44.8 Å². The SMILES string of the molecule is COc1ccc(C2C3=C(OC4CCC(C)CC4C3=O)C(=O)N2CCCO)cc1. The first-order valence-corrected chi connectivity index (χ1v) is 10.1. The Morgan fingerprint density at radius 3 is 2.64 bits per heavy atom. The summed E-state index contributed by atoms with van der Waals surface area (Å²) in [4.78, 5) is 28.3. The van der Waals surface area contributed by atoms with Crippen molar-refractivity contribution in [3.63, 3.8) is 0 Å². The van der Waals surface area contributed by atoms with Crippen LogP contribution >= 0.6 is 0 Å². The van der Waals surface area contributed by atoms with E-state index in [0.29, 0.717) is 24.5 Å². The number of aliphatic hydroxyl groups excluding tert-OH is 1. The van der Waals surface area contributed by atoms with Gasteiger partial charge in [-0.1, -0.05) is 19.1 Å². The number of amides is 1. The number of benzene rings is 1. The van der Waals surface area contributed by atoms with Crippen molar-refractivity contribution in [1.29, 1.82) is 0 Å². The highest BCUT2D eigenvalue weighted by Crippen LogP contribution is 2.47. The van der Waals surface area contributed by atoms with Gasteiger partial charge in [-0.3, -0.25) is 9.59 Å². The molecule has 2 aliphatic heterocycles. The largest absolute Gasteiger partial charge is 0.497 e. The van der Waals surface area contributed by atoms with Crippen LogP contribution in [0.3, 0.4) is 0 Å². The number of carbonyl (C=O) groups is 2. The lowest BCUT2D eigenvalue weighted by atomic mass is 9.74. The highest BCUT2D eigenvalue weighted by molar-refractivity contribution is 6.11. The lowest BCUT2D eigenvalue weighted by molar-refractivity contribution is -0.136. The average Bonchev–Trinajstić information content (AvgIpc) is 2.99. The average molecular weight is 385 g/mol. The van der Waals surface area contributed by atoms with Crippen LogP contribution in [0.5, 0.6) is 5.75 Å². The zero-order valence-corrected chi connectivity index (χ0v) is 16.4. The molecule has 4 unspecified atom stereocenters. The standard InChI is InChI=1S/C22H27NO5/c1-13-4-9-17-16(12-13)20(25)18-19(14-5-7-15(27-2)8-6-14)23(10-3-11-24)22(26)21(18)28-17/h5-8,13,16-17,19,24H,3-4,9-12H2,1-2H3. The molecule has 28 heavy (non-hydrogen) atoms. The van der Waals surface area contributed by atoms with Crippen molar-refractivity contribution in [3.05, 3.63) is 41.2 Å². The summed E-state index contributed by atoms with van der Waals surface area (Å²) in [7, 11) is 1.60.